The first kappa shape index (κ1) is 14.4. The maximum atomic E-state index is 12.4. The summed E-state index contributed by atoms with van der Waals surface area (Å²) in [6.45, 7) is 7.56. The molecule has 0 radical (unpaired) electrons. The standard InChI is InChI=1S/C13H24N2OS/c1-4-10-6-5-8-15(9-7-10)12(16)13(2,3)11(14)17/h10H,4-9H2,1-3H3,(H2,14,17). The quantitative estimate of drug-likeness (QED) is 0.788. The Balaban J connectivity index is 2.67. The number of likely N-dealkylation sites (tertiary alicyclic amines) is 1. The van der Waals surface area contributed by atoms with Crippen LogP contribution in [0.4, 0.5) is 0 Å². The number of nitrogens with zero attached hydrogens (tertiary/aromatic N) is 1. The summed E-state index contributed by atoms with van der Waals surface area (Å²) >= 11 is 4.99. The average molecular weight is 256 g/mol. The van der Waals surface area contributed by atoms with E-state index in [0.29, 0.717) is 4.99 Å². The Kier molecular flexibility index (Phi) is 4.92. The second kappa shape index (κ2) is 5.80. The SMILES string of the molecule is CCC1CCCN(C(=O)C(C)(C)C(N)=S)CC1. The molecule has 1 aliphatic heterocycles. The molecule has 1 unspecified atom stereocenters. The van der Waals surface area contributed by atoms with Crippen LogP contribution >= 0.6 is 12.2 Å². The first-order valence-electron chi connectivity index (χ1n) is 6.48. The Bertz CT molecular complexity index is 302. The summed E-state index contributed by atoms with van der Waals surface area (Å²) < 4.78 is 0. The molecule has 1 saturated heterocycles. The van der Waals surface area contributed by atoms with Crippen molar-refractivity contribution in [2.24, 2.45) is 17.1 Å². The van der Waals surface area contributed by atoms with E-state index in [0.717, 1.165) is 31.8 Å². The smallest absolute Gasteiger partial charge is 0.235 e. The van der Waals surface area contributed by atoms with Gasteiger partial charge >= 0.3 is 0 Å². The molecule has 0 saturated carbocycles. The van der Waals surface area contributed by atoms with E-state index in [9.17, 15) is 4.79 Å². The number of rotatable bonds is 3. The number of nitrogens with two attached hydrogens (primary N) is 1. The number of hydrogen-bond donors (Lipinski definition) is 1. The molecule has 1 amide bonds. The molecule has 17 heavy (non-hydrogen) atoms. The molecule has 0 aromatic carbocycles. The second-order valence-corrected chi connectivity index (χ2v) is 5.93. The Morgan fingerprint density at radius 3 is 2.59 bits per heavy atom. The van der Waals surface area contributed by atoms with Gasteiger partial charge in [0.05, 0.1) is 10.4 Å². The van der Waals surface area contributed by atoms with Crippen molar-refractivity contribution in [1.29, 1.82) is 0 Å². The predicted octanol–water partition coefficient (Wildman–Crippen LogP) is 2.34. The topological polar surface area (TPSA) is 46.3 Å². The molecule has 1 fully saturated rings. The Hall–Kier alpha value is -0.640. The lowest BCUT2D eigenvalue weighted by atomic mass is 9.91. The van der Waals surface area contributed by atoms with Crippen LogP contribution in [-0.4, -0.2) is 28.9 Å². The summed E-state index contributed by atoms with van der Waals surface area (Å²) in [5.41, 5.74) is 4.95. The number of thiocarbonyl (C=S) groups is 1. The van der Waals surface area contributed by atoms with Crippen LogP contribution in [0, 0.1) is 11.3 Å². The van der Waals surface area contributed by atoms with Crippen LogP contribution in [0.25, 0.3) is 0 Å². The monoisotopic (exact) mass is 256 g/mol. The molecule has 98 valence electrons. The Morgan fingerprint density at radius 1 is 1.41 bits per heavy atom. The third-order valence-electron chi connectivity index (χ3n) is 3.86. The number of carbonyl (C=O) groups excluding carboxylic acids is 1. The second-order valence-electron chi connectivity index (χ2n) is 5.49. The highest BCUT2D eigenvalue weighted by Crippen LogP contribution is 2.25. The summed E-state index contributed by atoms with van der Waals surface area (Å²) in [5.74, 6) is 0.850. The molecule has 3 nitrogen and oxygen atoms in total. The van der Waals surface area contributed by atoms with Crippen LogP contribution in [0.15, 0.2) is 0 Å². The third-order valence-corrected chi connectivity index (χ3v) is 4.37. The molecule has 1 rings (SSSR count). The Morgan fingerprint density at radius 2 is 2.06 bits per heavy atom. The van der Waals surface area contributed by atoms with Crippen molar-refractivity contribution in [1.82, 2.24) is 4.90 Å². The predicted molar refractivity (Wildman–Crippen MR) is 74.8 cm³/mol. The van der Waals surface area contributed by atoms with E-state index in [1.165, 1.54) is 12.8 Å². The number of carbonyl (C=O) groups is 1. The molecule has 0 bridgehead atoms. The minimum Gasteiger partial charge on any atom is -0.392 e. The van der Waals surface area contributed by atoms with E-state index >= 15 is 0 Å². The van der Waals surface area contributed by atoms with Gasteiger partial charge in [-0.15, -0.1) is 0 Å². The fourth-order valence-corrected chi connectivity index (χ4v) is 2.36. The molecule has 1 atom stereocenters. The van der Waals surface area contributed by atoms with Gasteiger partial charge in [-0.1, -0.05) is 25.6 Å². The van der Waals surface area contributed by atoms with Crippen LogP contribution in [0.1, 0.15) is 46.5 Å². The van der Waals surface area contributed by atoms with E-state index in [1.54, 1.807) is 0 Å². The molecule has 0 aliphatic carbocycles. The summed E-state index contributed by atoms with van der Waals surface area (Å²) in [6.07, 6.45) is 4.64. The van der Waals surface area contributed by atoms with Crippen molar-refractivity contribution in [3.8, 4) is 0 Å². The van der Waals surface area contributed by atoms with Crippen molar-refractivity contribution < 1.29 is 4.79 Å². The summed E-state index contributed by atoms with van der Waals surface area (Å²) in [5, 5.41) is 0. The maximum Gasteiger partial charge on any atom is 0.235 e. The minimum atomic E-state index is -0.707. The normalized spacial score (nSPS) is 22.1. The lowest BCUT2D eigenvalue weighted by molar-refractivity contribution is -0.136. The minimum absolute atomic E-state index is 0.0850. The fourth-order valence-electron chi connectivity index (χ4n) is 2.28. The molecule has 0 aromatic rings. The Labute approximate surface area is 110 Å². The van der Waals surface area contributed by atoms with Gasteiger partial charge < -0.3 is 10.6 Å². The summed E-state index contributed by atoms with van der Waals surface area (Å²) in [4.78, 5) is 14.6. The van der Waals surface area contributed by atoms with Gasteiger partial charge in [-0.2, -0.15) is 0 Å². The molecule has 1 aliphatic rings. The van der Waals surface area contributed by atoms with Crippen molar-refractivity contribution in [3.05, 3.63) is 0 Å². The van der Waals surface area contributed by atoms with E-state index in [-0.39, 0.29) is 5.91 Å². The van der Waals surface area contributed by atoms with E-state index < -0.39 is 5.41 Å². The zero-order valence-electron chi connectivity index (χ0n) is 11.2. The van der Waals surface area contributed by atoms with Crippen molar-refractivity contribution >= 4 is 23.1 Å². The highest BCUT2D eigenvalue weighted by Gasteiger charge is 2.35. The van der Waals surface area contributed by atoms with Crippen LogP contribution in [0.3, 0.4) is 0 Å². The van der Waals surface area contributed by atoms with Crippen molar-refractivity contribution in [2.45, 2.75) is 46.5 Å². The molecule has 0 spiro atoms. The fraction of sp³-hybridized carbons (Fsp3) is 0.846. The van der Waals surface area contributed by atoms with Gasteiger partial charge in [0.15, 0.2) is 0 Å². The van der Waals surface area contributed by atoms with Crippen molar-refractivity contribution in [3.63, 3.8) is 0 Å². The van der Waals surface area contributed by atoms with Gasteiger partial charge in [0, 0.05) is 13.1 Å². The molecular formula is C13H24N2OS. The van der Waals surface area contributed by atoms with Gasteiger partial charge in [-0.3, -0.25) is 4.79 Å². The average Bonchev–Trinajstić information content (AvgIpc) is 2.52. The van der Waals surface area contributed by atoms with Gasteiger partial charge in [-0.25, -0.2) is 0 Å². The highest BCUT2D eigenvalue weighted by atomic mass is 32.1. The number of amides is 1. The van der Waals surface area contributed by atoms with Crippen LogP contribution < -0.4 is 5.73 Å². The highest BCUT2D eigenvalue weighted by molar-refractivity contribution is 7.80. The molecule has 0 aromatic heterocycles. The third kappa shape index (κ3) is 3.41. The van der Waals surface area contributed by atoms with Gasteiger partial charge in [0.2, 0.25) is 5.91 Å². The first-order valence-corrected chi connectivity index (χ1v) is 6.89. The van der Waals surface area contributed by atoms with Crippen LogP contribution in [-0.2, 0) is 4.79 Å². The van der Waals surface area contributed by atoms with Crippen LogP contribution in [0.5, 0.6) is 0 Å². The van der Waals surface area contributed by atoms with Crippen LogP contribution in [0.2, 0.25) is 0 Å². The summed E-state index contributed by atoms with van der Waals surface area (Å²) in [7, 11) is 0. The first-order chi connectivity index (χ1) is 7.89. The lowest BCUT2D eigenvalue weighted by Crippen LogP contribution is -2.47. The van der Waals surface area contributed by atoms with Crippen molar-refractivity contribution in [2.75, 3.05) is 13.1 Å². The molecule has 4 heteroatoms. The number of hydrogen-bond acceptors (Lipinski definition) is 2. The zero-order valence-corrected chi connectivity index (χ0v) is 12.0. The zero-order chi connectivity index (χ0) is 13.1. The lowest BCUT2D eigenvalue weighted by Gasteiger charge is -2.30. The molecule has 1 heterocycles. The van der Waals surface area contributed by atoms with Gasteiger partial charge in [-0.05, 0) is 39.0 Å². The summed E-state index contributed by atoms with van der Waals surface area (Å²) in [6, 6.07) is 0. The van der Waals surface area contributed by atoms with E-state index in [4.69, 9.17) is 18.0 Å². The van der Waals surface area contributed by atoms with E-state index in [1.807, 2.05) is 18.7 Å². The maximum absolute atomic E-state index is 12.4. The van der Waals surface area contributed by atoms with E-state index in [2.05, 4.69) is 6.92 Å². The van der Waals surface area contributed by atoms with Gasteiger partial charge in [0.25, 0.3) is 0 Å². The molecular weight excluding hydrogens is 232 g/mol. The largest absolute Gasteiger partial charge is 0.392 e. The molecule has 2 N–H and O–H groups in total. The van der Waals surface area contributed by atoms with Gasteiger partial charge in [0.1, 0.15) is 0 Å².